The molecule has 1 nitrogen and oxygen atoms in total. The van der Waals surface area contributed by atoms with Gasteiger partial charge in [-0.25, -0.2) is 0 Å². The van der Waals surface area contributed by atoms with Gasteiger partial charge in [-0.05, 0) is 24.3 Å². The third-order valence-electron chi connectivity index (χ3n) is 4.30. The van der Waals surface area contributed by atoms with E-state index in [1.165, 1.54) is 22.2 Å². The SMILES string of the molecule is Sc1ccccc1-c1ccc2ccccc2[n+]1Cc1ccccc1. The molecule has 0 aliphatic carbocycles. The first-order chi connectivity index (χ1) is 11.8. The van der Waals surface area contributed by atoms with Crippen LogP contribution in [0.4, 0.5) is 0 Å². The van der Waals surface area contributed by atoms with Gasteiger partial charge in [0.15, 0.2) is 6.54 Å². The van der Waals surface area contributed by atoms with Crippen molar-refractivity contribution in [2.75, 3.05) is 0 Å². The molecule has 0 radical (unpaired) electrons. The largest absolute Gasteiger partial charge is 0.214 e. The smallest absolute Gasteiger partial charge is 0.187 e. The molecule has 4 aromatic rings. The minimum Gasteiger partial charge on any atom is -0.187 e. The topological polar surface area (TPSA) is 3.88 Å². The van der Waals surface area contributed by atoms with Crippen molar-refractivity contribution in [2.45, 2.75) is 11.4 Å². The van der Waals surface area contributed by atoms with Gasteiger partial charge in [0.2, 0.25) is 11.2 Å². The number of aromatic nitrogens is 1. The lowest BCUT2D eigenvalue weighted by Crippen LogP contribution is -2.37. The van der Waals surface area contributed by atoms with Gasteiger partial charge in [0.05, 0.1) is 5.56 Å². The number of nitrogens with zero attached hydrogens (tertiary/aromatic N) is 1. The van der Waals surface area contributed by atoms with Gasteiger partial charge in [0, 0.05) is 28.0 Å². The summed E-state index contributed by atoms with van der Waals surface area (Å²) in [4.78, 5) is 0.995. The van der Waals surface area contributed by atoms with Gasteiger partial charge in [-0.1, -0.05) is 54.6 Å². The van der Waals surface area contributed by atoms with Crippen molar-refractivity contribution in [1.82, 2.24) is 0 Å². The number of rotatable bonds is 3. The molecular formula is C22H18NS+. The first-order valence-corrected chi connectivity index (χ1v) is 8.51. The highest BCUT2D eigenvalue weighted by atomic mass is 32.1. The van der Waals surface area contributed by atoms with Gasteiger partial charge in [0.1, 0.15) is 0 Å². The molecule has 0 amide bonds. The van der Waals surface area contributed by atoms with Crippen molar-refractivity contribution in [2.24, 2.45) is 0 Å². The van der Waals surface area contributed by atoms with Crippen molar-refractivity contribution in [1.29, 1.82) is 0 Å². The average molecular weight is 328 g/mol. The second-order valence-corrected chi connectivity index (χ2v) is 6.35. The van der Waals surface area contributed by atoms with E-state index in [9.17, 15) is 0 Å². The number of para-hydroxylation sites is 1. The molecule has 0 fully saturated rings. The van der Waals surface area contributed by atoms with E-state index >= 15 is 0 Å². The molecule has 4 rings (SSSR count). The highest BCUT2D eigenvalue weighted by Crippen LogP contribution is 2.25. The van der Waals surface area contributed by atoms with Crippen LogP contribution in [0.3, 0.4) is 0 Å². The van der Waals surface area contributed by atoms with Crippen LogP contribution in [0, 0.1) is 0 Å². The summed E-state index contributed by atoms with van der Waals surface area (Å²) in [5, 5.41) is 1.24. The summed E-state index contributed by atoms with van der Waals surface area (Å²) in [6.45, 7) is 0.833. The molecule has 0 N–H and O–H groups in total. The lowest BCUT2D eigenvalue weighted by atomic mass is 10.1. The van der Waals surface area contributed by atoms with Crippen molar-refractivity contribution in [3.63, 3.8) is 0 Å². The number of hydrogen-bond donors (Lipinski definition) is 1. The molecule has 0 saturated carbocycles. The van der Waals surface area contributed by atoms with Crippen molar-refractivity contribution >= 4 is 23.5 Å². The Balaban J connectivity index is 1.96. The predicted octanol–water partition coefficient (Wildman–Crippen LogP) is 5.13. The molecule has 0 bridgehead atoms. The number of pyridine rings is 1. The maximum absolute atomic E-state index is 4.66. The van der Waals surface area contributed by atoms with E-state index < -0.39 is 0 Å². The average Bonchev–Trinajstić information content (AvgIpc) is 2.64. The molecule has 0 unspecified atom stereocenters. The molecule has 0 saturated heterocycles. The summed E-state index contributed by atoms with van der Waals surface area (Å²) in [7, 11) is 0. The van der Waals surface area contributed by atoms with Gasteiger partial charge in [0.25, 0.3) is 0 Å². The number of hydrogen-bond acceptors (Lipinski definition) is 1. The normalized spacial score (nSPS) is 10.9. The summed E-state index contributed by atoms with van der Waals surface area (Å²) in [6.07, 6.45) is 0. The molecular weight excluding hydrogens is 310 g/mol. The van der Waals surface area contributed by atoms with E-state index in [1.54, 1.807) is 0 Å². The monoisotopic (exact) mass is 328 g/mol. The lowest BCUT2D eigenvalue weighted by molar-refractivity contribution is -0.651. The molecule has 0 spiro atoms. The van der Waals surface area contributed by atoms with Gasteiger partial charge < -0.3 is 0 Å². The highest BCUT2D eigenvalue weighted by Gasteiger charge is 2.19. The number of benzene rings is 3. The van der Waals surface area contributed by atoms with Crippen LogP contribution in [-0.2, 0) is 6.54 Å². The van der Waals surface area contributed by atoms with E-state index in [-0.39, 0.29) is 0 Å². The van der Waals surface area contributed by atoms with Crippen molar-refractivity contribution < 1.29 is 4.57 Å². The summed E-state index contributed by atoms with van der Waals surface area (Å²) in [6, 6.07) is 31.8. The van der Waals surface area contributed by atoms with Crippen LogP contribution in [-0.4, -0.2) is 0 Å². The molecule has 24 heavy (non-hydrogen) atoms. The standard InChI is InChI=1S/C22H17NS/c24-22-13-7-5-11-19(22)21-15-14-18-10-4-6-12-20(18)23(21)16-17-8-2-1-3-9-17/h1-15H,16H2/p+1. The third kappa shape index (κ3) is 2.81. The molecule has 2 heteroatoms. The minimum atomic E-state index is 0.833. The number of fused-ring (bicyclic) bond motifs is 1. The zero-order valence-corrected chi connectivity index (χ0v) is 14.2. The fourth-order valence-electron chi connectivity index (χ4n) is 3.12. The fraction of sp³-hybridized carbons (Fsp3) is 0.0455. The maximum atomic E-state index is 4.66. The van der Waals surface area contributed by atoms with Gasteiger partial charge in [-0.3, -0.25) is 0 Å². The number of thiol groups is 1. The van der Waals surface area contributed by atoms with Gasteiger partial charge in [-0.2, -0.15) is 4.57 Å². The molecule has 0 aliphatic heterocycles. The Bertz CT molecular complexity index is 993. The highest BCUT2D eigenvalue weighted by molar-refractivity contribution is 7.80. The minimum absolute atomic E-state index is 0.833. The Labute approximate surface area is 147 Å². The Morgan fingerprint density at radius 3 is 2.21 bits per heavy atom. The van der Waals surface area contributed by atoms with Crippen LogP contribution < -0.4 is 4.57 Å². The second kappa shape index (κ2) is 6.50. The van der Waals surface area contributed by atoms with E-state index in [2.05, 4.69) is 96.1 Å². The summed E-state index contributed by atoms with van der Waals surface area (Å²) in [5.74, 6) is 0. The Hall–Kier alpha value is -2.58. The van der Waals surface area contributed by atoms with Crippen LogP contribution in [0.25, 0.3) is 22.2 Å². The molecule has 3 aromatic carbocycles. The first kappa shape index (κ1) is 15.0. The van der Waals surface area contributed by atoms with Crippen LogP contribution >= 0.6 is 12.6 Å². The van der Waals surface area contributed by atoms with E-state index in [1.807, 2.05) is 12.1 Å². The van der Waals surface area contributed by atoms with Crippen LogP contribution in [0.1, 0.15) is 5.56 Å². The fourth-order valence-corrected chi connectivity index (χ4v) is 3.40. The molecule has 0 atom stereocenters. The van der Waals surface area contributed by atoms with Crippen molar-refractivity contribution in [3.05, 3.63) is 96.6 Å². The van der Waals surface area contributed by atoms with E-state index in [0.717, 1.165) is 17.0 Å². The van der Waals surface area contributed by atoms with Crippen LogP contribution in [0.2, 0.25) is 0 Å². The second-order valence-electron chi connectivity index (χ2n) is 5.87. The summed E-state index contributed by atoms with van der Waals surface area (Å²) in [5.41, 5.74) is 4.86. The molecule has 1 heterocycles. The Kier molecular flexibility index (Phi) is 4.06. The molecule has 1 aromatic heterocycles. The van der Waals surface area contributed by atoms with E-state index in [4.69, 9.17) is 0 Å². The van der Waals surface area contributed by atoms with Crippen LogP contribution in [0.15, 0.2) is 95.9 Å². The third-order valence-corrected chi connectivity index (χ3v) is 4.69. The van der Waals surface area contributed by atoms with Gasteiger partial charge >= 0.3 is 0 Å². The molecule has 116 valence electrons. The molecule has 0 aliphatic rings. The zero-order chi connectivity index (χ0) is 16.4. The first-order valence-electron chi connectivity index (χ1n) is 8.07. The lowest BCUT2D eigenvalue weighted by Gasteiger charge is -2.09. The van der Waals surface area contributed by atoms with Crippen molar-refractivity contribution in [3.8, 4) is 11.3 Å². The zero-order valence-electron chi connectivity index (χ0n) is 13.3. The van der Waals surface area contributed by atoms with Crippen LogP contribution in [0.5, 0.6) is 0 Å². The predicted molar refractivity (Wildman–Crippen MR) is 102 cm³/mol. The maximum Gasteiger partial charge on any atom is 0.214 e. The Morgan fingerprint density at radius 1 is 0.667 bits per heavy atom. The van der Waals surface area contributed by atoms with Gasteiger partial charge in [-0.15, -0.1) is 12.6 Å². The summed E-state index contributed by atoms with van der Waals surface area (Å²) >= 11 is 4.66. The Morgan fingerprint density at radius 2 is 1.38 bits per heavy atom. The quantitative estimate of drug-likeness (QED) is 0.392. The summed E-state index contributed by atoms with van der Waals surface area (Å²) < 4.78 is 2.37. The van der Waals surface area contributed by atoms with E-state index in [0.29, 0.717) is 0 Å².